The molecule has 1 aliphatic heterocycles. The van der Waals surface area contributed by atoms with Gasteiger partial charge in [-0.3, -0.25) is 0 Å². The maximum atomic E-state index is 6.37. The van der Waals surface area contributed by atoms with Gasteiger partial charge >= 0.3 is 7.05 Å². The van der Waals surface area contributed by atoms with Gasteiger partial charge in [0, 0.05) is 44.5 Å². The average molecular weight is 687 g/mol. The predicted octanol–water partition coefficient (Wildman–Crippen LogP) is 4.97. The predicted molar refractivity (Wildman–Crippen MR) is 146 cm³/mol. The van der Waals surface area contributed by atoms with Gasteiger partial charge in [-0.25, -0.2) is 4.98 Å². The Bertz CT molecular complexity index is 1760. The molecule has 0 aliphatic carbocycles. The molecule has 0 amide bonds. The van der Waals surface area contributed by atoms with Crippen molar-refractivity contribution in [2.24, 2.45) is 7.05 Å². The average Bonchev–Trinajstić information content (AvgIpc) is 3.52. The van der Waals surface area contributed by atoms with Crippen molar-refractivity contribution in [2.75, 3.05) is 4.81 Å². The SMILES string of the molecule is C[n+]1[c-]n(-c2[c-]c(Oc3[c-]c4c(cc3)OB(c3ccccc3)N4c3ccccn3)ccc2)c2ccccc21.[Pt]. The second-order valence-corrected chi connectivity index (χ2v) is 8.96. The van der Waals surface area contributed by atoms with Crippen LogP contribution in [0.25, 0.3) is 16.7 Å². The van der Waals surface area contributed by atoms with E-state index in [-0.39, 0.29) is 28.1 Å². The second kappa shape index (κ2) is 10.4. The molecule has 192 valence electrons. The van der Waals surface area contributed by atoms with E-state index < -0.39 is 0 Å². The third-order valence-electron chi connectivity index (χ3n) is 6.50. The summed E-state index contributed by atoms with van der Waals surface area (Å²) in [6, 6.07) is 40.5. The number of pyridine rings is 1. The molecule has 4 aromatic carbocycles. The number of fused-ring (bicyclic) bond motifs is 2. The van der Waals surface area contributed by atoms with Crippen LogP contribution in [0.15, 0.2) is 109 Å². The van der Waals surface area contributed by atoms with E-state index in [0.717, 1.165) is 39.4 Å². The van der Waals surface area contributed by atoms with E-state index in [9.17, 15) is 0 Å². The van der Waals surface area contributed by atoms with Crippen LogP contribution in [0.2, 0.25) is 0 Å². The first kappa shape index (κ1) is 25.0. The van der Waals surface area contributed by atoms with Gasteiger partial charge in [-0.1, -0.05) is 66.4 Å². The molecule has 1 aliphatic rings. The van der Waals surface area contributed by atoms with Gasteiger partial charge in [-0.05, 0) is 23.3 Å². The van der Waals surface area contributed by atoms with E-state index in [0.29, 0.717) is 11.5 Å². The first-order valence-electron chi connectivity index (χ1n) is 12.3. The molecule has 0 saturated carbocycles. The maximum absolute atomic E-state index is 6.37. The smallest absolute Gasteiger partial charge is 0.511 e. The minimum absolute atomic E-state index is 0. The van der Waals surface area contributed by atoms with E-state index in [4.69, 9.17) is 9.39 Å². The molecule has 0 atom stereocenters. The molecule has 0 unspecified atom stereocenters. The second-order valence-electron chi connectivity index (χ2n) is 8.96. The van der Waals surface area contributed by atoms with E-state index in [1.54, 1.807) is 6.20 Å². The summed E-state index contributed by atoms with van der Waals surface area (Å²) in [7, 11) is 1.62. The Morgan fingerprint density at radius 3 is 2.46 bits per heavy atom. The number of rotatable bonds is 5. The van der Waals surface area contributed by atoms with E-state index in [1.807, 2.05) is 112 Å². The van der Waals surface area contributed by atoms with Crippen LogP contribution in [-0.4, -0.2) is 16.6 Å². The van der Waals surface area contributed by atoms with Crippen molar-refractivity contribution in [3.63, 3.8) is 0 Å². The Morgan fingerprint density at radius 1 is 0.821 bits per heavy atom. The van der Waals surface area contributed by atoms with Crippen LogP contribution in [0.5, 0.6) is 17.2 Å². The summed E-state index contributed by atoms with van der Waals surface area (Å²) in [6.45, 7) is 0. The monoisotopic (exact) mass is 687 g/mol. The number of hydrogen-bond donors (Lipinski definition) is 0. The molecule has 0 fully saturated rings. The molecule has 0 bridgehead atoms. The molecule has 6 nitrogen and oxygen atoms in total. The molecule has 0 N–H and O–H groups in total. The van der Waals surface area contributed by atoms with Crippen molar-refractivity contribution < 1.29 is 35.0 Å². The number of hydrogen-bond acceptors (Lipinski definition) is 4. The number of aromatic nitrogens is 3. The van der Waals surface area contributed by atoms with Crippen molar-refractivity contribution in [1.82, 2.24) is 9.55 Å². The molecule has 6 aromatic rings. The Hall–Kier alpha value is -4.35. The van der Waals surface area contributed by atoms with Crippen molar-refractivity contribution in [3.05, 3.63) is 128 Å². The van der Waals surface area contributed by atoms with Crippen LogP contribution in [0.3, 0.4) is 0 Å². The molecule has 3 heterocycles. The van der Waals surface area contributed by atoms with Crippen LogP contribution in [-0.2, 0) is 28.1 Å². The number of anilines is 2. The summed E-state index contributed by atoms with van der Waals surface area (Å²) >= 11 is 0. The summed E-state index contributed by atoms with van der Waals surface area (Å²) in [5.41, 5.74) is 4.75. The van der Waals surface area contributed by atoms with Crippen LogP contribution < -0.4 is 24.2 Å². The zero-order valence-corrected chi connectivity index (χ0v) is 23.2. The summed E-state index contributed by atoms with van der Waals surface area (Å²) in [5.74, 6) is 2.62. The fourth-order valence-electron chi connectivity index (χ4n) is 4.76. The third-order valence-corrected chi connectivity index (χ3v) is 6.50. The van der Waals surface area contributed by atoms with Gasteiger partial charge in [-0.15, -0.1) is 30.3 Å². The fraction of sp³-hybridized carbons (Fsp3) is 0.0323. The van der Waals surface area contributed by atoms with E-state index >= 15 is 0 Å². The van der Waals surface area contributed by atoms with Gasteiger partial charge in [0.25, 0.3) is 0 Å². The Labute approximate surface area is 241 Å². The first-order chi connectivity index (χ1) is 18.7. The molecule has 0 radical (unpaired) electrons. The molecule has 0 saturated heterocycles. The third kappa shape index (κ3) is 4.60. The molecule has 2 aromatic heterocycles. The zero-order valence-electron chi connectivity index (χ0n) is 20.9. The largest absolute Gasteiger partial charge is 0.599 e. The summed E-state index contributed by atoms with van der Waals surface area (Å²) in [6.07, 6.45) is 5.12. The van der Waals surface area contributed by atoms with Crippen LogP contribution in [0.4, 0.5) is 11.5 Å². The Balaban J connectivity index is 0.00000277. The normalized spacial score (nSPS) is 12.1. The molecule has 7 rings (SSSR count). The molecule has 0 spiro atoms. The Morgan fingerprint density at radius 2 is 1.62 bits per heavy atom. The Kier molecular flexibility index (Phi) is 6.68. The van der Waals surface area contributed by atoms with Gasteiger partial charge in [-0.2, -0.15) is 12.1 Å². The standard InChI is InChI=1S/C31H21BN4O2.Pt/c1-34-22-35(28-15-6-5-14-27(28)34)24-12-9-13-25(20-24)37-26-17-18-30-29(21-26)36(31-16-7-8-19-33-31)32(38-30)23-10-3-2-4-11-23;/h2-19H,1H3;/q-2;. The summed E-state index contributed by atoms with van der Waals surface area (Å²) < 4.78 is 16.6. The molecule has 39 heavy (non-hydrogen) atoms. The van der Waals surface area contributed by atoms with Crippen molar-refractivity contribution in [2.45, 2.75) is 0 Å². The number of imidazole rings is 1. The molecular weight excluding hydrogens is 666 g/mol. The van der Waals surface area contributed by atoms with E-state index in [1.165, 1.54) is 0 Å². The number of aryl methyl sites for hydroxylation is 1. The number of benzene rings is 4. The molecule has 8 heteroatoms. The van der Waals surface area contributed by atoms with Gasteiger partial charge < -0.3 is 23.3 Å². The topological polar surface area (TPSA) is 43.4 Å². The van der Waals surface area contributed by atoms with Crippen LogP contribution >= 0.6 is 0 Å². The van der Waals surface area contributed by atoms with Gasteiger partial charge in [0.15, 0.2) is 0 Å². The van der Waals surface area contributed by atoms with E-state index in [2.05, 4.69) is 35.6 Å². The van der Waals surface area contributed by atoms with Gasteiger partial charge in [0.1, 0.15) is 5.82 Å². The fourth-order valence-corrected chi connectivity index (χ4v) is 4.76. The minimum Gasteiger partial charge on any atom is -0.599 e. The van der Waals surface area contributed by atoms with Gasteiger partial charge in [0.05, 0.1) is 18.1 Å². The van der Waals surface area contributed by atoms with Crippen molar-refractivity contribution in [3.8, 4) is 22.9 Å². The molecular formula is C31H21BN4O2Pt-2. The van der Waals surface area contributed by atoms with Crippen molar-refractivity contribution >= 4 is 35.1 Å². The summed E-state index contributed by atoms with van der Waals surface area (Å²) in [5, 5.41) is 0. The van der Waals surface area contributed by atoms with Gasteiger partial charge in [0.2, 0.25) is 6.33 Å². The minimum atomic E-state index is -0.360. The van der Waals surface area contributed by atoms with Crippen LogP contribution in [0.1, 0.15) is 0 Å². The summed E-state index contributed by atoms with van der Waals surface area (Å²) in [4.78, 5) is 6.63. The quantitative estimate of drug-likeness (QED) is 0.146. The zero-order chi connectivity index (χ0) is 25.5. The number of para-hydroxylation sites is 2. The van der Waals surface area contributed by atoms with Crippen LogP contribution in [0, 0.1) is 18.5 Å². The maximum Gasteiger partial charge on any atom is 0.511 e. The number of nitrogens with zero attached hydrogens (tertiary/aromatic N) is 4. The van der Waals surface area contributed by atoms with Crippen molar-refractivity contribution in [1.29, 1.82) is 0 Å². The number of ether oxygens (including phenoxy) is 1. The first-order valence-corrected chi connectivity index (χ1v) is 12.3.